The third kappa shape index (κ3) is 3.27. The van der Waals surface area contributed by atoms with Crippen LogP contribution in [0.4, 0.5) is 0 Å². The van der Waals surface area contributed by atoms with Gasteiger partial charge in [-0.1, -0.05) is 6.92 Å². The number of fused-ring (bicyclic) bond motifs is 1. The first-order valence-electron chi connectivity index (χ1n) is 8.08. The second kappa shape index (κ2) is 6.58. The van der Waals surface area contributed by atoms with E-state index in [0.717, 1.165) is 38.1 Å². The van der Waals surface area contributed by atoms with E-state index in [-0.39, 0.29) is 6.04 Å². The number of nitrogens with zero attached hydrogens (tertiary/aromatic N) is 2. The molecule has 0 amide bonds. The maximum absolute atomic E-state index is 6.13. The summed E-state index contributed by atoms with van der Waals surface area (Å²) in [6, 6.07) is 4.39. The smallest absolute Gasteiger partial charge is 0.140 e. The number of hydrogen-bond donors (Lipinski definition) is 1. The summed E-state index contributed by atoms with van der Waals surface area (Å²) >= 11 is 0. The number of aromatic nitrogens is 2. The molecule has 2 aromatic heterocycles. The first-order valence-corrected chi connectivity index (χ1v) is 8.08. The molecule has 2 aromatic rings. The van der Waals surface area contributed by atoms with Gasteiger partial charge in [0.2, 0.25) is 0 Å². The number of nitrogens with two attached hydrogens (primary N) is 1. The lowest BCUT2D eigenvalue weighted by atomic mass is 10.1. The van der Waals surface area contributed by atoms with Crippen LogP contribution in [0.25, 0.3) is 11.0 Å². The number of pyridine rings is 1. The van der Waals surface area contributed by atoms with Crippen molar-refractivity contribution in [3.8, 4) is 0 Å². The predicted octanol–water partition coefficient (Wildman–Crippen LogP) is 2.89. The van der Waals surface area contributed by atoms with Crippen LogP contribution in [0.15, 0.2) is 24.5 Å². The van der Waals surface area contributed by atoms with Crippen molar-refractivity contribution in [1.82, 2.24) is 9.55 Å². The molecule has 4 heteroatoms. The van der Waals surface area contributed by atoms with Crippen LogP contribution in [0.3, 0.4) is 0 Å². The minimum absolute atomic E-state index is 0.224. The fourth-order valence-corrected chi connectivity index (χ4v) is 3.11. The van der Waals surface area contributed by atoms with Gasteiger partial charge >= 0.3 is 0 Å². The van der Waals surface area contributed by atoms with E-state index in [1.807, 2.05) is 12.3 Å². The number of hydrogen-bond acceptors (Lipinski definition) is 3. The molecule has 2 atom stereocenters. The topological polar surface area (TPSA) is 53.1 Å². The highest BCUT2D eigenvalue weighted by atomic mass is 16.5. The van der Waals surface area contributed by atoms with Gasteiger partial charge in [0.25, 0.3) is 0 Å². The van der Waals surface area contributed by atoms with Crippen LogP contribution >= 0.6 is 0 Å². The Morgan fingerprint density at radius 3 is 3.19 bits per heavy atom. The molecule has 114 valence electrons. The molecule has 3 heterocycles. The third-order valence-corrected chi connectivity index (χ3v) is 4.44. The molecule has 0 aliphatic carbocycles. The van der Waals surface area contributed by atoms with Gasteiger partial charge in [0.05, 0.1) is 6.10 Å². The highest BCUT2D eigenvalue weighted by Gasteiger charge is 2.17. The Labute approximate surface area is 126 Å². The van der Waals surface area contributed by atoms with Crippen molar-refractivity contribution in [2.24, 2.45) is 5.73 Å². The highest BCUT2D eigenvalue weighted by molar-refractivity contribution is 5.80. The summed E-state index contributed by atoms with van der Waals surface area (Å²) in [5, 5.41) is 1.24. The maximum Gasteiger partial charge on any atom is 0.140 e. The third-order valence-electron chi connectivity index (χ3n) is 4.44. The van der Waals surface area contributed by atoms with E-state index in [0.29, 0.717) is 6.10 Å². The van der Waals surface area contributed by atoms with Gasteiger partial charge in [-0.25, -0.2) is 4.98 Å². The Bertz CT molecular complexity index is 587. The van der Waals surface area contributed by atoms with Crippen LogP contribution in [-0.2, 0) is 17.7 Å². The first-order chi connectivity index (χ1) is 10.3. The zero-order valence-corrected chi connectivity index (χ0v) is 12.8. The molecule has 1 fully saturated rings. The van der Waals surface area contributed by atoms with Crippen molar-refractivity contribution in [1.29, 1.82) is 0 Å². The summed E-state index contributed by atoms with van der Waals surface area (Å²) in [6.45, 7) is 4.03. The second-order valence-corrected chi connectivity index (χ2v) is 6.02. The van der Waals surface area contributed by atoms with Gasteiger partial charge in [-0.3, -0.25) is 0 Å². The quantitative estimate of drug-likeness (QED) is 0.889. The van der Waals surface area contributed by atoms with E-state index in [1.54, 1.807) is 0 Å². The number of aryl methyl sites for hydroxylation is 1. The van der Waals surface area contributed by atoms with Crippen LogP contribution in [0.2, 0.25) is 0 Å². The number of ether oxygens (including phenoxy) is 1. The Hall–Kier alpha value is -1.39. The molecule has 0 aromatic carbocycles. The molecular weight excluding hydrogens is 262 g/mol. The molecule has 0 radical (unpaired) electrons. The zero-order chi connectivity index (χ0) is 14.7. The van der Waals surface area contributed by atoms with E-state index in [1.165, 1.54) is 23.8 Å². The number of rotatable bonds is 6. The minimum atomic E-state index is 0.224. The van der Waals surface area contributed by atoms with Gasteiger partial charge in [-0.2, -0.15) is 0 Å². The first kappa shape index (κ1) is 14.5. The Balaban J connectivity index is 1.80. The monoisotopic (exact) mass is 287 g/mol. The molecule has 1 aliphatic heterocycles. The molecule has 4 nitrogen and oxygen atoms in total. The Kier molecular flexibility index (Phi) is 4.56. The van der Waals surface area contributed by atoms with Crippen molar-refractivity contribution in [2.45, 2.75) is 57.7 Å². The average molecular weight is 287 g/mol. The Morgan fingerprint density at radius 1 is 1.52 bits per heavy atom. The normalized spacial score (nSPS) is 20.2. The Morgan fingerprint density at radius 2 is 2.43 bits per heavy atom. The van der Waals surface area contributed by atoms with Crippen LogP contribution in [0.1, 0.15) is 38.2 Å². The summed E-state index contributed by atoms with van der Waals surface area (Å²) in [5.41, 5.74) is 8.53. The summed E-state index contributed by atoms with van der Waals surface area (Å²) < 4.78 is 7.99. The van der Waals surface area contributed by atoms with Crippen molar-refractivity contribution in [2.75, 3.05) is 6.61 Å². The lowest BCUT2D eigenvalue weighted by Crippen LogP contribution is -2.21. The largest absolute Gasteiger partial charge is 0.378 e. The van der Waals surface area contributed by atoms with Gasteiger partial charge in [0.15, 0.2) is 0 Å². The van der Waals surface area contributed by atoms with Crippen molar-refractivity contribution < 1.29 is 4.74 Å². The summed E-state index contributed by atoms with van der Waals surface area (Å²) in [7, 11) is 0. The SMILES string of the molecule is CCC(N)Cc1cn(CCC2CCCO2)c2ncccc12. The van der Waals surface area contributed by atoms with Gasteiger partial charge in [0.1, 0.15) is 5.65 Å². The van der Waals surface area contributed by atoms with E-state index in [4.69, 9.17) is 10.5 Å². The molecular formula is C17H25N3O. The molecule has 0 bridgehead atoms. The lowest BCUT2D eigenvalue weighted by Gasteiger charge is -2.10. The summed E-state index contributed by atoms with van der Waals surface area (Å²) in [5.74, 6) is 0. The van der Waals surface area contributed by atoms with Gasteiger partial charge in [-0.05, 0) is 49.8 Å². The minimum Gasteiger partial charge on any atom is -0.378 e. The molecule has 0 saturated carbocycles. The van der Waals surface area contributed by atoms with E-state index < -0.39 is 0 Å². The average Bonchev–Trinajstić information content (AvgIpc) is 3.14. The fourth-order valence-electron chi connectivity index (χ4n) is 3.11. The van der Waals surface area contributed by atoms with Crippen molar-refractivity contribution >= 4 is 11.0 Å². The van der Waals surface area contributed by atoms with E-state index in [2.05, 4.69) is 28.7 Å². The van der Waals surface area contributed by atoms with Gasteiger partial charge < -0.3 is 15.0 Å². The van der Waals surface area contributed by atoms with Crippen LogP contribution < -0.4 is 5.73 Å². The summed E-state index contributed by atoms with van der Waals surface area (Å²) in [4.78, 5) is 4.56. The highest BCUT2D eigenvalue weighted by Crippen LogP contribution is 2.23. The van der Waals surface area contributed by atoms with Crippen LogP contribution in [-0.4, -0.2) is 28.3 Å². The van der Waals surface area contributed by atoms with E-state index >= 15 is 0 Å². The van der Waals surface area contributed by atoms with Crippen LogP contribution in [0.5, 0.6) is 0 Å². The zero-order valence-electron chi connectivity index (χ0n) is 12.8. The molecule has 1 saturated heterocycles. The molecule has 0 spiro atoms. The van der Waals surface area contributed by atoms with Crippen molar-refractivity contribution in [3.63, 3.8) is 0 Å². The van der Waals surface area contributed by atoms with E-state index in [9.17, 15) is 0 Å². The molecule has 2 unspecified atom stereocenters. The second-order valence-electron chi connectivity index (χ2n) is 6.02. The lowest BCUT2D eigenvalue weighted by molar-refractivity contribution is 0.101. The van der Waals surface area contributed by atoms with Crippen LogP contribution in [0, 0.1) is 0 Å². The fraction of sp³-hybridized carbons (Fsp3) is 0.588. The van der Waals surface area contributed by atoms with Gasteiger partial charge in [-0.15, -0.1) is 0 Å². The predicted molar refractivity (Wildman–Crippen MR) is 85.3 cm³/mol. The van der Waals surface area contributed by atoms with Crippen molar-refractivity contribution in [3.05, 3.63) is 30.1 Å². The maximum atomic E-state index is 6.13. The molecule has 2 N–H and O–H groups in total. The molecule has 1 aliphatic rings. The molecule has 21 heavy (non-hydrogen) atoms. The standard InChI is InChI=1S/C17H25N3O/c1-2-14(18)11-13-12-20(9-7-15-5-4-10-21-15)17-16(13)6-3-8-19-17/h3,6,8,12,14-15H,2,4-5,7,9-11,18H2,1H3. The van der Waals surface area contributed by atoms with Gasteiger partial charge in [0, 0.05) is 37.0 Å². The summed E-state index contributed by atoms with van der Waals surface area (Å²) in [6.07, 6.45) is 9.92. The molecule has 3 rings (SSSR count).